The van der Waals surface area contributed by atoms with E-state index in [0.29, 0.717) is 16.9 Å². The highest BCUT2D eigenvalue weighted by molar-refractivity contribution is 5.86. The molecule has 60 valence electrons. The summed E-state index contributed by atoms with van der Waals surface area (Å²) in [6.45, 7) is 0. The summed E-state index contributed by atoms with van der Waals surface area (Å²) >= 11 is 0. The van der Waals surface area contributed by atoms with Crippen molar-refractivity contribution in [3.05, 3.63) is 23.8 Å². The van der Waals surface area contributed by atoms with Crippen molar-refractivity contribution in [1.29, 1.82) is 5.41 Å². The first kappa shape index (κ1) is 8.17. The highest BCUT2D eigenvalue weighted by atomic mass is 16.1. The Kier molecular flexibility index (Phi) is 2.35. The molecule has 0 heterocycles. The molecule has 0 amide bonds. The average molecular weight is 161 g/mol. The molecule has 0 aromatic heterocycles. The molecule has 0 bridgehead atoms. The van der Waals surface area contributed by atoms with Crippen LogP contribution < -0.4 is 5.73 Å². The van der Waals surface area contributed by atoms with Gasteiger partial charge in [0.1, 0.15) is 0 Å². The second-order valence-electron chi connectivity index (χ2n) is 2.16. The maximum Gasteiger partial charge on any atom is 0.240 e. The number of rotatable bonds is 2. The quantitative estimate of drug-likeness (QED) is 0.388. The Labute approximate surface area is 69.2 Å². The van der Waals surface area contributed by atoms with Crippen LogP contribution in [0.25, 0.3) is 0 Å². The van der Waals surface area contributed by atoms with Crippen molar-refractivity contribution in [3.8, 4) is 0 Å². The largest absolute Gasteiger partial charge is 0.398 e. The van der Waals surface area contributed by atoms with Gasteiger partial charge in [0.15, 0.2) is 0 Å². The predicted molar refractivity (Wildman–Crippen MR) is 46.5 cm³/mol. The molecule has 0 unspecified atom stereocenters. The lowest BCUT2D eigenvalue weighted by Crippen LogP contribution is -1.91. The van der Waals surface area contributed by atoms with E-state index < -0.39 is 0 Å². The van der Waals surface area contributed by atoms with Crippen LogP contribution in [-0.4, -0.2) is 12.3 Å². The van der Waals surface area contributed by atoms with Gasteiger partial charge in [-0.05, 0) is 18.2 Å². The Hall–Kier alpha value is -1.93. The van der Waals surface area contributed by atoms with Crippen LogP contribution in [0.15, 0.2) is 23.2 Å². The summed E-state index contributed by atoms with van der Waals surface area (Å²) < 4.78 is 0. The summed E-state index contributed by atoms with van der Waals surface area (Å²) in [6, 6.07) is 4.74. The van der Waals surface area contributed by atoms with Crippen molar-refractivity contribution in [1.82, 2.24) is 0 Å². The minimum Gasteiger partial charge on any atom is -0.398 e. The van der Waals surface area contributed by atoms with Crippen LogP contribution >= 0.6 is 0 Å². The fraction of sp³-hybridized carbons (Fsp3) is 0. The molecule has 0 atom stereocenters. The number of hydrogen-bond donors (Lipinski definition) is 2. The molecule has 0 saturated carbocycles. The molecule has 12 heavy (non-hydrogen) atoms. The molecule has 0 fully saturated rings. The van der Waals surface area contributed by atoms with Crippen molar-refractivity contribution in [3.63, 3.8) is 0 Å². The zero-order valence-electron chi connectivity index (χ0n) is 6.24. The zero-order valence-corrected chi connectivity index (χ0v) is 6.24. The topological polar surface area (TPSA) is 79.3 Å². The third-order valence-corrected chi connectivity index (χ3v) is 1.40. The molecule has 0 aliphatic carbocycles. The fourth-order valence-electron chi connectivity index (χ4n) is 0.816. The molecule has 3 N–H and O–H groups in total. The monoisotopic (exact) mass is 161 g/mol. The van der Waals surface area contributed by atoms with Gasteiger partial charge < -0.3 is 11.1 Å². The lowest BCUT2D eigenvalue weighted by molar-refractivity contribution is 0.565. The van der Waals surface area contributed by atoms with Gasteiger partial charge in [0, 0.05) is 17.5 Å². The Morgan fingerprint density at radius 2 is 2.33 bits per heavy atom. The molecule has 0 spiro atoms. The lowest BCUT2D eigenvalue weighted by atomic mass is 10.2. The summed E-state index contributed by atoms with van der Waals surface area (Å²) in [7, 11) is 0. The van der Waals surface area contributed by atoms with Crippen LogP contribution in [-0.2, 0) is 4.79 Å². The number of nitrogen functional groups attached to an aromatic ring is 1. The smallest absolute Gasteiger partial charge is 0.240 e. The van der Waals surface area contributed by atoms with E-state index in [2.05, 4.69) is 4.99 Å². The highest BCUT2D eigenvalue weighted by Crippen LogP contribution is 2.18. The third kappa shape index (κ3) is 1.56. The summed E-state index contributed by atoms with van der Waals surface area (Å²) in [5, 5.41) is 6.94. The predicted octanol–water partition coefficient (Wildman–Crippen LogP) is 1.23. The first-order valence-electron chi connectivity index (χ1n) is 3.26. The maximum absolute atomic E-state index is 9.86. The van der Waals surface area contributed by atoms with Gasteiger partial charge in [-0.3, -0.25) is 0 Å². The van der Waals surface area contributed by atoms with Crippen molar-refractivity contribution in [2.45, 2.75) is 0 Å². The number of anilines is 1. The molecule has 1 aromatic rings. The van der Waals surface area contributed by atoms with E-state index in [4.69, 9.17) is 11.1 Å². The summed E-state index contributed by atoms with van der Waals surface area (Å²) in [6.07, 6.45) is 2.55. The normalized spacial score (nSPS) is 8.67. The number of carbonyl (C=O) groups excluding carboxylic acids is 1. The van der Waals surface area contributed by atoms with E-state index in [0.717, 1.165) is 6.21 Å². The van der Waals surface area contributed by atoms with Crippen LogP contribution in [0.5, 0.6) is 0 Å². The van der Waals surface area contributed by atoms with E-state index in [9.17, 15) is 4.79 Å². The number of aliphatic imine (C=N–C) groups is 1. The second-order valence-corrected chi connectivity index (χ2v) is 2.16. The molecule has 1 aromatic carbocycles. The highest BCUT2D eigenvalue weighted by Gasteiger charge is 1.96. The maximum atomic E-state index is 9.86. The van der Waals surface area contributed by atoms with Gasteiger partial charge in [-0.15, -0.1) is 0 Å². The molecule has 4 nitrogen and oxygen atoms in total. The molecule has 1 rings (SSSR count). The van der Waals surface area contributed by atoms with E-state index >= 15 is 0 Å². The number of nitrogens with one attached hydrogen (secondary N) is 1. The first-order valence-corrected chi connectivity index (χ1v) is 3.26. The van der Waals surface area contributed by atoms with Gasteiger partial charge >= 0.3 is 0 Å². The Balaban J connectivity index is 3.17. The van der Waals surface area contributed by atoms with Gasteiger partial charge in [0.2, 0.25) is 6.08 Å². The van der Waals surface area contributed by atoms with Crippen molar-refractivity contribution < 1.29 is 4.79 Å². The Morgan fingerprint density at radius 1 is 1.58 bits per heavy atom. The first-order chi connectivity index (χ1) is 5.77. The van der Waals surface area contributed by atoms with Crippen molar-refractivity contribution in [2.24, 2.45) is 4.99 Å². The SMILES string of the molecule is N=Cc1ccc(N=C=O)cc1N. The van der Waals surface area contributed by atoms with Crippen LogP contribution in [0.1, 0.15) is 5.56 Å². The van der Waals surface area contributed by atoms with E-state index in [1.165, 1.54) is 12.1 Å². The molecule has 0 aliphatic heterocycles. The van der Waals surface area contributed by atoms with Gasteiger partial charge in [0.25, 0.3) is 0 Å². The van der Waals surface area contributed by atoms with Gasteiger partial charge in [-0.1, -0.05) is 0 Å². The van der Waals surface area contributed by atoms with E-state index in [1.807, 2.05) is 0 Å². The molecular weight excluding hydrogens is 154 g/mol. The van der Waals surface area contributed by atoms with E-state index in [1.54, 1.807) is 12.1 Å². The van der Waals surface area contributed by atoms with Crippen LogP contribution in [0.3, 0.4) is 0 Å². The third-order valence-electron chi connectivity index (χ3n) is 1.40. The summed E-state index contributed by atoms with van der Waals surface area (Å²) in [5.74, 6) is 0. The fourth-order valence-corrected chi connectivity index (χ4v) is 0.816. The number of isocyanates is 1. The minimum atomic E-state index is 0.432. The molecule has 4 heteroatoms. The Bertz CT molecular complexity index is 353. The number of benzene rings is 1. The van der Waals surface area contributed by atoms with E-state index in [-0.39, 0.29) is 0 Å². The zero-order chi connectivity index (χ0) is 8.97. The number of hydrogen-bond acceptors (Lipinski definition) is 4. The van der Waals surface area contributed by atoms with Gasteiger partial charge in [-0.2, -0.15) is 4.99 Å². The van der Waals surface area contributed by atoms with Crippen LogP contribution in [0.4, 0.5) is 11.4 Å². The molecular formula is C8H7N3O. The molecule has 0 radical (unpaired) electrons. The molecule has 0 saturated heterocycles. The van der Waals surface area contributed by atoms with Crippen molar-refractivity contribution >= 4 is 23.7 Å². The molecule has 0 aliphatic rings. The van der Waals surface area contributed by atoms with Gasteiger partial charge in [0.05, 0.1) is 5.69 Å². The minimum absolute atomic E-state index is 0.432. The average Bonchev–Trinajstić information content (AvgIpc) is 2.05. The van der Waals surface area contributed by atoms with Crippen LogP contribution in [0, 0.1) is 5.41 Å². The second kappa shape index (κ2) is 3.46. The Morgan fingerprint density at radius 3 is 2.83 bits per heavy atom. The van der Waals surface area contributed by atoms with Gasteiger partial charge in [-0.25, -0.2) is 4.79 Å². The van der Waals surface area contributed by atoms with Crippen LogP contribution in [0.2, 0.25) is 0 Å². The number of nitrogens with two attached hydrogens (primary N) is 1. The van der Waals surface area contributed by atoms with Crippen molar-refractivity contribution in [2.75, 3.05) is 5.73 Å². The standard InChI is InChI=1S/C8H7N3O/c9-4-6-1-2-7(11-5-12)3-8(6)10/h1-4,9H,10H2. The lowest BCUT2D eigenvalue weighted by Gasteiger charge is -1.98. The number of nitrogens with zero attached hydrogens (tertiary/aromatic N) is 1. The summed E-state index contributed by atoms with van der Waals surface area (Å²) in [4.78, 5) is 13.2. The summed E-state index contributed by atoms with van der Waals surface area (Å²) in [5.41, 5.74) is 7.02.